The Morgan fingerprint density at radius 1 is 1.17 bits per heavy atom. The number of aromatic nitrogens is 4. The van der Waals surface area contributed by atoms with E-state index in [1.54, 1.807) is 18.1 Å². The lowest BCUT2D eigenvalue weighted by Gasteiger charge is -2.05. The zero-order valence-corrected chi connectivity index (χ0v) is 14.0. The molecule has 0 saturated heterocycles. The third-order valence-electron chi connectivity index (χ3n) is 4.29. The first-order valence-corrected chi connectivity index (χ1v) is 9.51. The van der Waals surface area contributed by atoms with Crippen molar-refractivity contribution in [2.24, 2.45) is 0 Å². The molecular weight excluding hydrogens is 324 g/mol. The molecule has 3 aromatic heterocycles. The minimum Gasteiger partial charge on any atom is -0.259 e. The molecule has 0 N–H and O–H groups in total. The summed E-state index contributed by atoms with van der Waals surface area (Å²) in [5.74, 6) is 0.901. The van der Waals surface area contributed by atoms with Gasteiger partial charge in [-0.1, -0.05) is 42.1 Å². The summed E-state index contributed by atoms with van der Waals surface area (Å²) in [6.45, 7) is 0. The largest absolute Gasteiger partial charge is 0.259 e. The Kier molecular flexibility index (Phi) is 3.12. The molecule has 1 aromatic carbocycles. The zero-order chi connectivity index (χ0) is 15.2. The van der Waals surface area contributed by atoms with Gasteiger partial charge in [-0.25, -0.2) is 4.98 Å². The first kappa shape index (κ1) is 13.5. The second-order valence-corrected chi connectivity index (χ2v) is 7.76. The number of thiophene rings is 1. The molecule has 0 spiro atoms. The van der Waals surface area contributed by atoms with E-state index in [-0.39, 0.29) is 0 Å². The van der Waals surface area contributed by atoms with Gasteiger partial charge in [0.1, 0.15) is 11.2 Å². The van der Waals surface area contributed by atoms with E-state index >= 15 is 0 Å². The maximum atomic E-state index is 4.92. The number of benzene rings is 1. The fourth-order valence-electron chi connectivity index (χ4n) is 3.21. The highest BCUT2D eigenvalue weighted by Gasteiger charge is 2.22. The minimum atomic E-state index is 0.901. The molecular formula is C17H14N4S2. The Balaban J connectivity index is 1.62. The van der Waals surface area contributed by atoms with E-state index in [1.807, 2.05) is 21.8 Å². The van der Waals surface area contributed by atoms with E-state index < -0.39 is 0 Å². The number of fused-ring (bicyclic) bond motifs is 5. The van der Waals surface area contributed by atoms with Crippen LogP contribution in [0.1, 0.15) is 22.4 Å². The molecule has 0 radical (unpaired) electrons. The predicted octanol–water partition coefficient (Wildman–Crippen LogP) is 4.12. The van der Waals surface area contributed by atoms with Crippen LogP contribution < -0.4 is 0 Å². The minimum absolute atomic E-state index is 0.901. The Morgan fingerprint density at radius 2 is 2.09 bits per heavy atom. The van der Waals surface area contributed by atoms with Gasteiger partial charge in [0, 0.05) is 10.6 Å². The van der Waals surface area contributed by atoms with Gasteiger partial charge in [0.05, 0.1) is 5.39 Å². The van der Waals surface area contributed by atoms with Gasteiger partial charge < -0.3 is 0 Å². The number of nitrogens with zero attached hydrogens (tertiary/aromatic N) is 4. The van der Waals surface area contributed by atoms with Crippen molar-refractivity contribution >= 4 is 39.0 Å². The molecule has 1 aliphatic rings. The molecule has 0 amide bonds. The summed E-state index contributed by atoms with van der Waals surface area (Å²) in [5, 5.41) is 10.7. The quantitative estimate of drug-likeness (QED) is 0.416. The van der Waals surface area contributed by atoms with Crippen molar-refractivity contribution in [3.05, 3.63) is 52.7 Å². The van der Waals surface area contributed by atoms with Crippen LogP contribution in [-0.2, 0) is 18.6 Å². The van der Waals surface area contributed by atoms with Crippen molar-refractivity contribution in [3.8, 4) is 0 Å². The summed E-state index contributed by atoms with van der Waals surface area (Å²) < 4.78 is 2.04. The maximum absolute atomic E-state index is 4.92. The number of aryl methyl sites for hydroxylation is 2. The number of hydrogen-bond donors (Lipinski definition) is 0. The molecule has 0 atom stereocenters. The van der Waals surface area contributed by atoms with Crippen molar-refractivity contribution in [1.82, 2.24) is 19.6 Å². The van der Waals surface area contributed by atoms with Crippen LogP contribution in [0.4, 0.5) is 0 Å². The molecule has 0 unspecified atom stereocenters. The van der Waals surface area contributed by atoms with E-state index in [4.69, 9.17) is 4.98 Å². The summed E-state index contributed by atoms with van der Waals surface area (Å²) >= 11 is 3.58. The van der Waals surface area contributed by atoms with Crippen LogP contribution in [0.2, 0.25) is 0 Å². The van der Waals surface area contributed by atoms with Gasteiger partial charge >= 0.3 is 0 Å². The Labute approximate surface area is 141 Å². The van der Waals surface area contributed by atoms with Crippen LogP contribution in [0.3, 0.4) is 0 Å². The second-order valence-electron chi connectivity index (χ2n) is 5.73. The number of rotatable bonds is 3. The summed E-state index contributed by atoms with van der Waals surface area (Å²) in [4.78, 5) is 7.52. The molecule has 1 aliphatic carbocycles. The fraction of sp³-hybridized carbons (Fsp3) is 0.235. The lowest BCUT2D eigenvalue weighted by molar-refractivity contribution is 0.909. The van der Waals surface area contributed by atoms with Gasteiger partial charge in [-0.15, -0.1) is 21.5 Å². The summed E-state index contributed by atoms with van der Waals surface area (Å²) in [7, 11) is 0. The molecule has 0 aliphatic heterocycles. The smallest absolute Gasteiger partial charge is 0.176 e. The molecule has 5 rings (SSSR count). The van der Waals surface area contributed by atoms with Crippen molar-refractivity contribution in [2.45, 2.75) is 30.2 Å². The molecule has 0 bridgehead atoms. The van der Waals surface area contributed by atoms with Gasteiger partial charge in [0.2, 0.25) is 0 Å². The lowest BCUT2D eigenvalue weighted by Crippen LogP contribution is -1.95. The first-order chi connectivity index (χ1) is 11.4. The molecule has 0 saturated carbocycles. The molecule has 4 nitrogen and oxygen atoms in total. The Morgan fingerprint density at radius 3 is 3.00 bits per heavy atom. The highest BCUT2D eigenvalue weighted by atomic mass is 32.2. The molecule has 114 valence electrons. The molecule has 6 heteroatoms. The van der Waals surface area contributed by atoms with Gasteiger partial charge in [-0.3, -0.25) is 4.40 Å². The maximum Gasteiger partial charge on any atom is 0.176 e. The van der Waals surface area contributed by atoms with Crippen LogP contribution in [0.15, 0.2) is 41.8 Å². The van der Waals surface area contributed by atoms with E-state index in [1.165, 1.54) is 34.2 Å². The highest BCUT2D eigenvalue weighted by molar-refractivity contribution is 7.98. The fourth-order valence-corrected chi connectivity index (χ4v) is 5.44. The van der Waals surface area contributed by atoms with Gasteiger partial charge in [0.15, 0.2) is 10.8 Å². The average Bonchev–Trinajstić information content (AvgIpc) is 3.28. The van der Waals surface area contributed by atoms with E-state index in [0.29, 0.717) is 0 Å². The predicted molar refractivity (Wildman–Crippen MR) is 94.2 cm³/mol. The van der Waals surface area contributed by atoms with Crippen LogP contribution in [0, 0.1) is 0 Å². The van der Waals surface area contributed by atoms with Crippen LogP contribution in [0.5, 0.6) is 0 Å². The highest BCUT2D eigenvalue weighted by Crippen LogP contribution is 2.39. The zero-order valence-electron chi connectivity index (χ0n) is 12.4. The monoisotopic (exact) mass is 338 g/mol. The van der Waals surface area contributed by atoms with Gasteiger partial charge in [0.25, 0.3) is 0 Å². The van der Waals surface area contributed by atoms with Crippen molar-refractivity contribution < 1.29 is 0 Å². The van der Waals surface area contributed by atoms with E-state index in [0.717, 1.165) is 27.8 Å². The van der Waals surface area contributed by atoms with Crippen molar-refractivity contribution in [2.75, 3.05) is 0 Å². The third kappa shape index (κ3) is 2.16. The normalized spacial score (nSPS) is 13.9. The lowest BCUT2D eigenvalue weighted by atomic mass is 10.2. The third-order valence-corrected chi connectivity index (χ3v) is 6.50. The average molecular weight is 338 g/mol. The summed E-state index contributed by atoms with van der Waals surface area (Å²) in [5.41, 5.74) is 3.72. The molecule has 4 aromatic rings. The summed E-state index contributed by atoms with van der Waals surface area (Å²) in [6.07, 6.45) is 5.37. The Hall–Kier alpha value is -1.92. The Bertz CT molecular complexity index is 1000. The standard InChI is InChI=1S/C17H14N4S2/c1-2-5-11(6-3-1)9-22-17-19-16-14(15-20-18-10-21(15)17)12-7-4-8-13(12)23-16/h1-3,5-6,10H,4,7-9H2. The second kappa shape index (κ2) is 5.32. The van der Waals surface area contributed by atoms with Crippen LogP contribution >= 0.6 is 23.1 Å². The van der Waals surface area contributed by atoms with E-state index in [2.05, 4.69) is 34.5 Å². The molecule has 3 heterocycles. The number of thioether (sulfide) groups is 1. The molecule has 0 fully saturated rings. The van der Waals surface area contributed by atoms with Crippen molar-refractivity contribution in [1.29, 1.82) is 0 Å². The van der Waals surface area contributed by atoms with Crippen molar-refractivity contribution in [3.63, 3.8) is 0 Å². The van der Waals surface area contributed by atoms with Gasteiger partial charge in [-0.05, 0) is 30.4 Å². The van der Waals surface area contributed by atoms with Crippen LogP contribution in [-0.4, -0.2) is 19.6 Å². The SMILES string of the molecule is c1ccc(CSc2nc3sc4c(c3c3nncn23)CCC4)cc1. The van der Waals surface area contributed by atoms with E-state index in [9.17, 15) is 0 Å². The number of hydrogen-bond acceptors (Lipinski definition) is 5. The van der Waals surface area contributed by atoms with Crippen LogP contribution in [0.25, 0.3) is 15.9 Å². The van der Waals surface area contributed by atoms with Gasteiger partial charge in [-0.2, -0.15) is 0 Å². The molecule has 23 heavy (non-hydrogen) atoms. The summed E-state index contributed by atoms with van der Waals surface area (Å²) in [6, 6.07) is 10.5. The topological polar surface area (TPSA) is 43.1 Å². The first-order valence-electron chi connectivity index (χ1n) is 7.71.